The Morgan fingerprint density at radius 1 is 0.769 bits per heavy atom. The highest BCUT2D eigenvalue weighted by atomic mass is 35.5. The summed E-state index contributed by atoms with van der Waals surface area (Å²) in [5.74, 6) is -1.15. The number of imide groups is 1. The maximum absolute atomic E-state index is 13.6. The predicted molar refractivity (Wildman–Crippen MR) is 157 cm³/mol. The first-order valence-corrected chi connectivity index (χ1v) is 13.4. The van der Waals surface area contributed by atoms with Crippen LogP contribution in [-0.2, 0) is 9.59 Å². The van der Waals surface area contributed by atoms with Gasteiger partial charge in [-0.1, -0.05) is 59.8 Å². The standard InChI is InChI=1S/C31H24ClN3O3S/c1-19-12-13-22(18-20(19)2)33-27-28(31(38)35(30(27)37)23-8-4-3-5-9-23)39-24-16-14-21(15-17-24)34-29(36)25-10-6-7-11-26(25)32/h3-18,33H,1-2H3,(H,34,36). The lowest BCUT2D eigenvalue weighted by molar-refractivity contribution is -0.120. The topological polar surface area (TPSA) is 78.5 Å². The van der Waals surface area contributed by atoms with Crippen molar-refractivity contribution in [3.8, 4) is 0 Å². The van der Waals surface area contributed by atoms with Crippen LogP contribution in [0.15, 0.2) is 113 Å². The van der Waals surface area contributed by atoms with Crippen molar-refractivity contribution >= 4 is 58.1 Å². The first-order chi connectivity index (χ1) is 18.8. The van der Waals surface area contributed by atoms with Crippen molar-refractivity contribution in [3.63, 3.8) is 0 Å². The van der Waals surface area contributed by atoms with E-state index in [1.54, 1.807) is 72.8 Å². The highest BCUT2D eigenvalue weighted by Crippen LogP contribution is 2.38. The summed E-state index contributed by atoms with van der Waals surface area (Å²) in [4.78, 5) is 41.9. The van der Waals surface area contributed by atoms with Gasteiger partial charge in [-0.15, -0.1) is 0 Å². The molecule has 0 radical (unpaired) electrons. The van der Waals surface area contributed by atoms with Crippen molar-refractivity contribution in [1.29, 1.82) is 0 Å². The van der Waals surface area contributed by atoms with Gasteiger partial charge in [0.25, 0.3) is 17.7 Å². The van der Waals surface area contributed by atoms with Gasteiger partial charge in [0.05, 0.1) is 16.3 Å². The van der Waals surface area contributed by atoms with Crippen LogP contribution in [0.25, 0.3) is 0 Å². The summed E-state index contributed by atoms with van der Waals surface area (Å²) < 4.78 is 0. The minimum absolute atomic E-state index is 0.216. The van der Waals surface area contributed by atoms with Crippen LogP contribution < -0.4 is 15.5 Å². The van der Waals surface area contributed by atoms with Gasteiger partial charge in [0.1, 0.15) is 10.6 Å². The lowest BCUT2D eigenvalue weighted by Crippen LogP contribution is -2.32. The zero-order valence-electron chi connectivity index (χ0n) is 21.2. The molecule has 0 spiro atoms. The minimum atomic E-state index is -0.421. The Balaban J connectivity index is 1.42. The van der Waals surface area contributed by atoms with Crippen LogP contribution in [0.1, 0.15) is 21.5 Å². The maximum atomic E-state index is 13.6. The molecule has 0 unspecified atom stereocenters. The van der Waals surface area contributed by atoms with Crippen molar-refractivity contribution in [2.45, 2.75) is 18.7 Å². The Labute approximate surface area is 235 Å². The van der Waals surface area contributed by atoms with E-state index in [0.29, 0.717) is 22.0 Å². The number of hydrogen-bond acceptors (Lipinski definition) is 5. The molecule has 3 amide bonds. The lowest BCUT2D eigenvalue weighted by atomic mass is 10.1. The summed E-state index contributed by atoms with van der Waals surface area (Å²) in [6, 6.07) is 28.5. The number of carbonyl (C=O) groups is 3. The third kappa shape index (κ3) is 5.60. The molecule has 2 N–H and O–H groups in total. The van der Waals surface area contributed by atoms with Crippen molar-refractivity contribution in [2.24, 2.45) is 0 Å². The Morgan fingerprint density at radius 3 is 2.13 bits per heavy atom. The molecule has 0 fully saturated rings. The van der Waals surface area contributed by atoms with Crippen LogP contribution >= 0.6 is 23.4 Å². The second-order valence-corrected chi connectivity index (χ2v) is 10.5. The van der Waals surface area contributed by atoms with Gasteiger partial charge >= 0.3 is 0 Å². The van der Waals surface area contributed by atoms with Gasteiger partial charge in [0.15, 0.2) is 0 Å². The fourth-order valence-corrected chi connectivity index (χ4v) is 5.21. The van der Waals surface area contributed by atoms with E-state index in [2.05, 4.69) is 10.6 Å². The minimum Gasteiger partial charge on any atom is -0.350 e. The normalized spacial score (nSPS) is 13.2. The number of para-hydroxylation sites is 1. The van der Waals surface area contributed by atoms with E-state index in [4.69, 9.17) is 11.6 Å². The fraction of sp³-hybridized carbons (Fsp3) is 0.0645. The van der Waals surface area contributed by atoms with Crippen LogP contribution in [0.5, 0.6) is 0 Å². The largest absolute Gasteiger partial charge is 0.350 e. The molecule has 0 bridgehead atoms. The molecule has 4 aromatic rings. The summed E-state index contributed by atoms with van der Waals surface area (Å²) in [7, 11) is 0. The third-order valence-corrected chi connectivity index (χ3v) is 7.70. The highest BCUT2D eigenvalue weighted by molar-refractivity contribution is 8.04. The number of nitrogens with zero attached hydrogens (tertiary/aromatic N) is 1. The van der Waals surface area contributed by atoms with Crippen LogP contribution in [0.4, 0.5) is 17.1 Å². The van der Waals surface area contributed by atoms with E-state index < -0.39 is 11.8 Å². The zero-order valence-corrected chi connectivity index (χ0v) is 22.8. The van der Waals surface area contributed by atoms with E-state index in [-0.39, 0.29) is 16.5 Å². The Morgan fingerprint density at radius 2 is 1.44 bits per heavy atom. The quantitative estimate of drug-likeness (QED) is 0.237. The molecule has 0 aliphatic carbocycles. The summed E-state index contributed by atoms with van der Waals surface area (Å²) in [6.45, 7) is 4.01. The first-order valence-electron chi connectivity index (χ1n) is 12.2. The van der Waals surface area contributed by atoms with Gasteiger partial charge in [-0.3, -0.25) is 14.4 Å². The SMILES string of the molecule is Cc1ccc(NC2=C(Sc3ccc(NC(=O)c4ccccc4Cl)cc3)C(=O)N(c3ccccc3)C2=O)cc1C. The van der Waals surface area contributed by atoms with Gasteiger partial charge < -0.3 is 10.6 Å². The Hall–Kier alpha value is -4.33. The van der Waals surface area contributed by atoms with Gasteiger partial charge in [0, 0.05) is 16.3 Å². The molecule has 1 aliphatic heterocycles. The van der Waals surface area contributed by atoms with Gasteiger partial charge in [-0.05, 0) is 85.6 Å². The molecule has 8 heteroatoms. The number of hydrogen-bond donors (Lipinski definition) is 2. The molecule has 0 atom stereocenters. The molecule has 6 nitrogen and oxygen atoms in total. The molecule has 0 saturated heterocycles. The summed E-state index contributed by atoms with van der Waals surface area (Å²) in [6.07, 6.45) is 0. The smallest absolute Gasteiger partial charge is 0.283 e. The molecular weight excluding hydrogens is 530 g/mol. The number of nitrogens with one attached hydrogen (secondary N) is 2. The average Bonchev–Trinajstić information content (AvgIpc) is 3.16. The van der Waals surface area contributed by atoms with Crippen LogP contribution in [0.3, 0.4) is 0 Å². The molecule has 0 saturated carbocycles. The molecule has 0 aromatic heterocycles. The zero-order chi connectivity index (χ0) is 27.5. The van der Waals surface area contributed by atoms with Gasteiger partial charge in [0.2, 0.25) is 0 Å². The van der Waals surface area contributed by atoms with Crippen LogP contribution in [0.2, 0.25) is 5.02 Å². The van der Waals surface area contributed by atoms with Crippen LogP contribution in [-0.4, -0.2) is 17.7 Å². The molecule has 39 heavy (non-hydrogen) atoms. The molecule has 1 heterocycles. The molecule has 5 rings (SSSR count). The van der Waals surface area contributed by atoms with E-state index in [9.17, 15) is 14.4 Å². The molecule has 4 aromatic carbocycles. The predicted octanol–water partition coefficient (Wildman–Crippen LogP) is 7.20. The van der Waals surface area contributed by atoms with E-state index in [0.717, 1.165) is 21.7 Å². The maximum Gasteiger partial charge on any atom is 0.283 e. The number of halogens is 1. The summed E-state index contributed by atoms with van der Waals surface area (Å²) in [5.41, 5.74) is 4.59. The number of aryl methyl sites for hydroxylation is 2. The number of rotatable bonds is 7. The number of carbonyl (C=O) groups excluding carboxylic acids is 3. The molecular formula is C31H24ClN3O3S. The van der Waals surface area contributed by atoms with Crippen molar-refractivity contribution in [2.75, 3.05) is 15.5 Å². The molecule has 1 aliphatic rings. The third-order valence-electron chi connectivity index (χ3n) is 6.28. The lowest BCUT2D eigenvalue weighted by Gasteiger charge is -2.15. The monoisotopic (exact) mass is 553 g/mol. The summed E-state index contributed by atoms with van der Waals surface area (Å²) >= 11 is 7.33. The summed E-state index contributed by atoms with van der Waals surface area (Å²) in [5, 5.41) is 6.39. The van der Waals surface area contributed by atoms with Crippen LogP contribution in [0, 0.1) is 13.8 Å². The number of anilines is 3. The highest BCUT2D eigenvalue weighted by Gasteiger charge is 2.40. The van der Waals surface area contributed by atoms with E-state index >= 15 is 0 Å². The van der Waals surface area contributed by atoms with E-state index in [1.165, 1.54) is 16.7 Å². The van der Waals surface area contributed by atoms with Gasteiger partial charge in [-0.2, -0.15) is 0 Å². The second-order valence-electron chi connectivity index (χ2n) is 8.97. The number of thioether (sulfide) groups is 1. The van der Waals surface area contributed by atoms with E-state index in [1.807, 2.05) is 38.1 Å². The second kappa shape index (κ2) is 11.2. The Kier molecular flexibility index (Phi) is 7.54. The average molecular weight is 554 g/mol. The van der Waals surface area contributed by atoms with Crippen molar-refractivity contribution in [3.05, 3.63) is 129 Å². The first kappa shape index (κ1) is 26.3. The number of benzene rings is 4. The Bertz CT molecular complexity index is 1620. The van der Waals surface area contributed by atoms with Gasteiger partial charge in [-0.25, -0.2) is 4.90 Å². The van der Waals surface area contributed by atoms with Crippen molar-refractivity contribution < 1.29 is 14.4 Å². The fourth-order valence-electron chi connectivity index (χ4n) is 4.06. The van der Waals surface area contributed by atoms with Crippen molar-refractivity contribution in [1.82, 2.24) is 0 Å². The number of amides is 3. The molecule has 194 valence electrons.